The Kier molecular flexibility index (Phi) is 6.92. The number of ether oxygens (including phenoxy) is 1. The molecule has 0 radical (unpaired) electrons. The van der Waals surface area contributed by atoms with Crippen molar-refractivity contribution in [3.63, 3.8) is 0 Å². The lowest BCUT2D eigenvalue weighted by Crippen LogP contribution is -2.29. The number of methoxy groups -OCH3 is 1. The standard InChI is InChI=1S/C32H36N6O/c1-22-5-9-25(10-6-22)32(26-11-7-23(2)8-12-26)36-16-15-28(19-36)38-20-29(34-35-38)27-13-14-30(31(17-27)39-4)37-18-24(3)33-21-37/h5-7,9-11,13-14,17-18,20-21,28,32H,8,12,15-16,19H2,1-4H3. The zero-order valence-corrected chi connectivity index (χ0v) is 23.2. The van der Waals surface area contributed by atoms with Crippen LogP contribution in [0.2, 0.25) is 0 Å². The van der Waals surface area contributed by atoms with Crippen LogP contribution in [0.5, 0.6) is 5.75 Å². The number of likely N-dealkylation sites (tertiary alicyclic amines) is 1. The van der Waals surface area contributed by atoms with E-state index in [1.54, 1.807) is 13.4 Å². The van der Waals surface area contributed by atoms with Gasteiger partial charge in [0, 0.05) is 24.8 Å². The van der Waals surface area contributed by atoms with Crippen LogP contribution in [0.25, 0.3) is 16.9 Å². The first-order valence-corrected chi connectivity index (χ1v) is 13.8. The minimum atomic E-state index is 0.288. The van der Waals surface area contributed by atoms with E-state index < -0.39 is 0 Å². The predicted octanol–water partition coefficient (Wildman–Crippen LogP) is 6.41. The van der Waals surface area contributed by atoms with Crippen molar-refractivity contribution in [2.45, 2.75) is 52.1 Å². The fraction of sp³-hybridized carbons (Fsp3) is 0.344. The summed E-state index contributed by atoms with van der Waals surface area (Å²) >= 11 is 0. The van der Waals surface area contributed by atoms with Crippen molar-refractivity contribution in [3.8, 4) is 22.7 Å². The molecular weight excluding hydrogens is 484 g/mol. The van der Waals surface area contributed by atoms with E-state index in [9.17, 15) is 0 Å². The van der Waals surface area contributed by atoms with Gasteiger partial charge in [0.25, 0.3) is 0 Å². The molecule has 0 bridgehead atoms. The van der Waals surface area contributed by atoms with Gasteiger partial charge >= 0.3 is 0 Å². The summed E-state index contributed by atoms with van der Waals surface area (Å²) < 4.78 is 9.75. The van der Waals surface area contributed by atoms with Gasteiger partial charge in [-0.25, -0.2) is 9.67 Å². The maximum atomic E-state index is 5.71. The molecule has 7 heteroatoms. The molecular formula is C32H36N6O. The molecule has 1 aliphatic heterocycles. The van der Waals surface area contributed by atoms with Crippen LogP contribution in [0, 0.1) is 13.8 Å². The van der Waals surface area contributed by atoms with Crippen LogP contribution in [0.1, 0.15) is 55.1 Å². The largest absolute Gasteiger partial charge is 0.495 e. The van der Waals surface area contributed by atoms with E-state index in [0.717, 1.165) is 60.7 Å². The lowest BCUT2D eigenvalue weighted by Gasteiger charge is -2.32. The summed E-state index contributed by atoms with van der Waals surface area (Å²) in [4.78, 5) is 6.97. The van der Waals surface area contributed by atoms with Gasteiger partial charge in [-0.2, -0.15) is 0 Å². The lowest BCUT2D eigenvalue weighted by atomic mass is 9.89. The smallest absolute Gasteiger partial charge is 0.143 e. The summed E-state index contributed by atoms with van der Waals surface area (Å²) in [6.07, 6.45) is 13.8. The maximum absolute atomic E-state index is 5.71. The second-order valence-corrected chi connectivity index (χ2v) is 10.9. The molecule has 3 heterocycles. The van der Waals surface area contributed by atoms with Gasteiger partial charge in [0.1, 0.15) is 11.4 Å². The first-order chi connectivity index (χ1) is 19.0. The summed E-state index contributed by atoms with van der Waals surface area (Å²) in [7, 11) is 1.69. The third-order valence-corrected chi connectivity index (χ3v) is 8.04. The molecule has 200 valence electrons. The highest BCUT2D eigenvalue weighted by Gasteiger charge is 2.33. The monoisotopic (exact) mass is 520 g/mol. The van der Waals surface area contributed by atoms with Crippen LogP contribution >= 0.6 is 0 Å². The average molecular weight is 521 g/mol. The number of benzene rings is 2. The van der Waals surface area contributed by atoms with Gasteiger partial charge in [0.2, 0.25) is 0 Å². The Morgan fingerprint density at radius 1 is 0.974 bits per heavy atom. The number of hydrogen-bond acceptors (Lipinski definition) is 5. The van der Waals surface area contributed by atoms with Gasteiger partial charge in [-0.15, -0.1) is 5.10 Å². The van der Waals surface area contributed by atoms with Crippen molar-refractivity contribution in [1.29, 1.82) is 0 Å². The Hall–Kier alpha value is -3.97. The molecule has 1 fully saturated rings. The molecule has 2 aromatic carbocycles. The minimum Gasteiger partial charge on any atom is -0.495 e. The maximum Gasteiger partial charge on any atom is 0.143 e. The predicted molar refractivity (Wildman–Crippen MR) is 154 cm³/mol. The molecule has 0 amide bonds. The Bertz CT molecular complexity index is 1530. The highest BCUT2D eigenvalue weighted by atomic mass is 16.5. The van der Waals surface area contributed by atoms with Crippen molar-refractivity contribution in [2.75, 3.05) is 20.2 Å². The number of aromatic nitrogens is 5. The Morgan fingerprint density at radius 2 is 1.82 bits per heavy atom. The van der Waals surface area contributed by atoms with Crippen molar-refractivity contribution in [3.05, 3.63) is 101 Å². The number of aryl methyl sites for hydroxylation is 2. The highest BCUT2D eigenvalue weighted by molar-refractivity contribution is 5.64. The summed E-state index contributed by atoms with van der Waals surface area (Å²) in [6, 6.07) is 15.8. The third-order valence-electron chi connectivity index (χ3n) is 8.04. The van der Waals surface area contributed by atoms with E-state index in [1.807, 2.05) is 29.8 Å². The van der Waals surface area contributed by atoms with E-state index in [-0.39, 0.29) is 6.04 Å². The zero-order chi connectivity index (χ0) is 26.9. The van der Waals surface area contributed by atoms with Crippen molar-refractivity contribution >= 4 is 0 Å². The topological polar surface area (TPSA) is 61.0 Å². The van der Waals surface area contributed by atoms with E-state index in [1.165, 1.54) is 22.3 Å². The zero-order valence-electron chi connectivity index (χ0n) is 23.2. The molecule has 2 atom stereocenters. The molecule has 2 aliphatic rings. The van der Waals surface area contributed by atoms with Crippen LogP contribution in [-0.4, -0.2) is 49.6 Å². The number of nitrogens with zero attached hydrogens (tertiary/aromatic N) is 6. The number of hydrogen-bond donors (Lipinski definition) is 0. The molecule has 4 aromatic rings. The second kappa shape index (κ2) is 10.7. The van der Waals surface area contributed by atoms with E-state index in [2.05, 4.69) is 87.4 Å². The molecule has 0 saturated carbocycles. The van der Waals surface area contributed by atoms with Crippen LogP contribution in [0.4, 0.5) is 0 Å². The summed E-state index contributed by atoms with van der Waals surface area (Å²) in [5.41, 5.74) is 9.39. The lowest BCUT2D eigenvalue weighted by molar-refractivity contribution is 0.258. The highest BCUT2D eigenvalue weighted by Crippen LogP contribution is 2.39. The molecule has 2 aromatic heterocycles. The summed E-state index contributed by atoms with van der Waals surface area (Å²) in [5.74, 6) is 0.775. The van der Waals surface area contributed by atoms with Crippen LogP contribution in [0.15, 0.2) is 84.5 Å². The van der Waals surface area contributed by atoms with Crippen LogP contribution in [-0.2, 0) is 0 Å². The van der Waals surface area contributed by atoms with E-state index in [4.69, 9.17) is 4.74 Å². The minimum absolute atomic E-state index is 0.288. The van der Waals surface area contributed by atoms with Crippen molar-refractivity contribution < 1.29 is 4.74 Å². The number of allylic oxidation sites excluding steroid dienone is 3. The van der Waals surface area contributed by atoms with Crippen LogP contribution in [0.3, 0.4) is 0 Å². The van der Waals surface area contributed by atoms with Gasteiger partial charge in [0.15, 0.2) is 0 Å². The SMILES string of the molecule is COc1cc(-c2cn(C3CCN(C(C4=CC=C(C)CC4)c4ccc(C)cc4)C3)nn2)ccc1-n1cnc(C)c1. The van der Waals surface area contributed by atoms with E-state index >= 15 is 0 Å². The molecule has 0 N–H and O–H groups in total. The second-order valence-electron chi connectivity index (χ2n) is 10.9. The fourth-order valence-corrected chi connectivity index (χ4v) is 5.80. The Morgan fingerprint density at radius 3 is 2.54 bits per heavy atom. The van der Waals surface area contributed by atoms with Crippen LogP contribution < -0.4 is 4.74 Å². The van der Waals surface area contributed by atoms with Gasteiger partial charge in [-0.1, -0.05) is 58.8 Å². The molecule has 7 nitrogen and oxygen atoms in total. The average Bonchev–Trinajstić information content (AvgIpc) is 3.72. The van der Waals surface area contributed by atoms with Crippen molar-refractivity contribution in [1.82, 2.24) is 29.4 Å². The van der Waals surface area contributed by atoms with Gasteiger partial charge in [-0.05, 0) is 63.3 Å². The molecule has 1 saturated heterocycles. The quantitative estimate of drug-likeness (QED) is 0.282. The normalized spacial score (nSPS) is 18.6. The van der Waals surface area contributed by atoms with Crippen molar-refractivity contribution in [2.24, 2.45) is 0 Å². The summed E-state index contributed by atoms with van der Waals surface area (Å²) in [5, 5.41) is 9.12. The van der Waals surface area contributed by atoms with Gasteiger partial charge in [0.05, 0.1) is 43.1 Å². The molecule has 2 unspecified atom stereocenters. The summed E-state index contributed by atoms with van der Waals surface area (Å²) in [6.45, 7) is 8.34. The molecule has 39 heavy (non-hydrogen) atoms. The molecule has 6 rings (SSSR count). The number of imidazole rings is 1. The van der Waals surface area contributed by atoms with E-state index in [0.29, 0.717) is 6.04 Å². The number of rotatable bonds is 7. The first-order valence-electron chi connectivity index (χ1n) is 13.8. The fourth-order valence-electron chi connectivity index (χ4n) is 5.80. The Labute approximate surface area is 230 Å². The van der Waals surface area contributed by atoms with Gasteiger partial charge < -0.3 is 9.30 Å². The first kappa shape index (κ1) is 25.3. The van der Waals surface area contributed by atoms with Gasteiger partial charge in [-0.3, -0.25) is 4.90 Å². The Balaban J connectivity index is 1.23. The molecule has 1 aliphatic carbocycles. The third kappa shape index (κ3) is 5.19. The molecule has 0 spiro atoms.